The molecule has 0 atom stereocenters. The predicted molar refractivity (Wildman–Crippen MR) is 84.8 cm³/mol. The third-order valence-corrected chi connectivity index (χ3v) is 3.21. The van der Waals surface area contributed by atoms with Crippen LogP contribution in [0.4, 0.5) is 17.5 Å². The molecule has 0 aliphatic heterocycles. The lowest BCUT2D eigenvalue weighted by Crippen LogP contribution is -2.24. The van der Waals surface area contributed by atoms with E-state index >= 15 is 0 Å². The van der Waals surface area contributed by atoms with Crippen molar-refractivity contribution >= 4 is 17.5 Å². The highest BCUT2D eigenvalue weighted by molar-refractivity contribution is 5.58. The maximum Gasteiger partial charge on any atom is 0.227 e. The van der Waals surface area contributed by atoms with Gasteiger partial charge in [-0.2, -0.15) is 4.98 Å². The normalized spacial score (nSPS) is 10.4. The molecule has 0 bridgehead atoms. The van der Waals surface area contributed by atoms with Gasteiger partial charge in [-0.25, -0.2) is 4.98 Å². The molecule has 0 aliphatic carbocycles. The Kier molecular flexibility index (Phi) is 4.56. The molecule has 1 aromatic carbocycles. The van der Waals surface area contributed by atoms with Crippen LogP contribution in [0.5, 0.6) is 0 Å². The van der Waals surface area contributed by atoms with E-state index in [1.165, 1.54) is 5.56 Å². The van der Waals surface area contributed by atoms with Gasteiger partial charge in [0.2, 0.25) is 5.95 Å². The monoisotopic (exact) mass is 270 g/mol. The summed E-state index contributed by atoms with van der Waals surface area (Å²) in [7, 11) is 0. The minimum atomic E-state index is 0.782. The number of nitrogens with one attached hydrogen (secondary N) is 1. The summed E-state index contributed by atoms with van der Waals surface area (Å²) in [5.41, 5.74) is 3.26. The van der Waals surface area contributed by atoms with E-state index in [0.29, 0.717) is 0 Å². The SMILES string of the molecule is CCN(CC)c1nc(C)cc(Nc2ccc(C)cc2)n1. The van der Waals surface area contributed by atoms with Crippen LogP contribution in [0.1, 0.15) is 25.1 Å². The molecule has 4 heteroatoms. The number of nitrogens with zero attached hydrogens (tertiary/aromatic N) is 3. The summed E-state index contributed by atoms with van der Waals surface area (Å²) >= 11 is 0. The molecular formula is C16H22N4. The van der Waals surface area contributed by atoms with Gasteiger partial charge in [0, 0.05) is 30.5 Å². The molecule has 2 rings (SSSR count). The standard InChI is InChI=1S/C16H22N4/c1-5-20(6-2)16-17-13(4)11-15(19-16)18-14-9-7-12(3)8-10-14/h7-11H,5-6H2,1-4H3,(H,17,18,19). The van der Waals surface area contributed by atoms with Crippen molar-refractivity contribution < 1.29 is 0 Å². The Morgan fingerprint density at radius 2 is 1.65 bits per heavy atom. The quantitative estimate of drug-likeness (QED) is 0.899. The van der Waals surface area contributed by atoms with E-state index in [2.05, 4.69) is 65.2 Å². The topological polar surface area (TPSA) is 41.1 Å². The van der Waals surface area contributed by atoms with E-state index < -0.39 is 0 Å². The van der Waals surface area contributed by atoms with Crippen molar-refractivity contribution in [1.82, 2.24) is 9.97 Å². The van der Waals surface area contributed by atoms with Crippen LogP contribution in [0.2, 0.25) is 0 Å². The minimum absolute atomic E-state index is 0.782. The van der Waals surface area contributed by atoms with Gasteiger partial charge in [0.15, 0.2) is 0 Å². The molecule has 0 saturated carbocycles. The summed E-state index contributed by atoms with van der Waals surface area (Å²) in [6.45, 7) is 10.1. The van der Waals surface area contributed by atoms with Gasteiger partial charge in [0.25, 0.3) is 0 Å². The molecule has 1 heterocycles. The van der Waals surface area contributed by atoms with Crippen molar-refractivity contribution in [3.05, 3.63) is 41.6 Å². The van der Waals surface area contributed by atoms with Crippen LogP contribution in [0.3, 0.4) is 0 Å². The van der Waals surface area contributed by atoms with Gasteiger partial charge in [0.1, 0.15) is 5.82 Å². The van der Waals surface area contributed by atoms with Crippen LogP contribution in [0, 0.1) is 13.8 Å². The molecule has 0 aliphatic rings. The van der Waals surface area contributed by atoms with Crippen LogP contribution in [0.15, 0.2) is 30.3 Å². The first-order chi connectivity index (χ1) is 9.62. The number of aromatic nitrogens is 2. The van der Waals surface area contributed by atoms with Gasteiger partial charge in [-0.3, -0.25) is 0 Å². The zero-order chi connectivity index (χ0) is 14.5. The highest BCUT2D eigenvalue weighted by Gasteiger charge is 2.08. The molecule has 106 valence electrons. The number of anilines is 3. The van der Waals surface area contributed by atoms with E-state index in [4.69, 9.17) is 0 Å². The third kappa shape index (κ3) is 3.47. The van der Waals surface area contributed by atoms with Gasteiger partial charge in [-0.15, -0.1) is 0 Å². The molecule has 0 radical (unpaired) electrons. The van der Waals surface area contributed by atoms with Crippen LogP contribution >= 0.6 is 0 Å². The summed E-state index contributed by atoms with van der Waals surface area (Å²) in [6, 6.07) is 10.3. The van der Waals surface area contributed by atoms with E-state index in [0.717, 1.165) is 36.2 Å². The van der Waals surface area contributed by atoms with Gasteiger partial charge in [-0.1, -0.05) is 17.7 Å². The summed E-state index contributed by atoms with van der Waals surface area (Å²) in [5.74, 6) is 1.62. The Balaban J connectivity index is 2.25. The van der Waals surface area contributed by atoms with E-state index in [1.807, 2.05) is 13.0 Å². The van der Waals surface area contributed by atoms with E-state index in [9.17, 15) is 0 Å². The Morgan fingerprint density at radius 3 is 2.25 bits per heavy atom. The molecule has 1 aromatic heterocycles. The highest BCUT2D eigenvalue weighted by atomic mass is 15.3. The van der Waals surface area contributed by atoms with Crippen molar-refractivity contribution in [2.45, 2.75) is 27.7 Å². The second-order valence-electron chi connectivity index (χ2n) is 4.86. The molecule has 0 saturated heterocycles. The predicted octanol–water partition coefficient (Wildman–Crippen LogP) is 3.68. The second-order valence-corrected chi connectivity index (χ2v) is 4.86. The van der Waals surface area contributed by atoms with Crippen LogP contribution in [-0.2, 0) is 0 Å². The lowest BCUT2D eigenvalue weighted by molar-refractivity contribution is 0.817. The van der Waals surface area contributed by atoms with Crippen LogP contribution in [-0.4, -0.2) is 23.1 Å². The van der Waals surface area contributed by atoms with Crippen LogP contribution < -0.4 is 10.2 Å². The van der Waals surface area contributed by atoms with Gasteiger partial charge >= 0.3 is 0 Å². The summed E-state index contributed by atoms with van der Waals surface area (Å²) in [4.78, 5) is 11.2. The molecular weight excluding hydrogens is 248 g/mol. The summed E-state index contributed by atoms with van der Waals surface area (Å²) < 4.78 is 0. The average molecular weight is 270 g/mol. The van der Waals surface area contributed by atoms with Gasteiger partial charge in [0.05, 0.1) is 0 Å². The Bertz CT molecular complexity index is 559. The fourth-order valence-corrected chi connectivity index (χ4v) is 2.05. The number of benzene rings is 1. The van der Waals surface area contributed by atoms with E-state index in [-0.39, 0.29) is 0 Å². The number of hydrogen-bond acceptors (Lipinski definition) is 4. The molecule has 0 fully saturated rings. The molecule has 0 spiro atoms. The maximum atomic E-state index is 4.60. The molecule has 1 N–H and O–H groups in total. The van der Waals surface area contributed by atoms with Crippen molar-refractivity contribution in [1.29, 1.82) is 0 Å². The number of aryl methyl sites for hydroxylation is 2. The molecule has 0 amide bonds. The van der Waals surface area contributed by atoms with Crippen molar-refractivity contribution in [2.75, 3.05) is 23.3 Å². The Hall–Kier alpha value is -2.10. The Morgan fingerprint density at radius 1 is 1.00 bits per heavy atom. The molecule has 2 aromatic rings. The lowest BCUT2D eigenvalue weighted by atomic mass is 10.2. The van der Waals surface area contributed by atoms with Crippen molar-refractivity contribution in [3.63, 3.8) is 0 Å². The first-order valence-corrected chi connectivity index (χ1v) is 7.06. The van der Waals surface area contributed by atoms with Crippen LogP contribution in [0.25, 0.3) is 0 Å². The lowest BCUT2D eigenvalue weighted by Gasteiger charge is -2.19. The summed E-state index contributed by atoms with van der Waals surface area (Å²) in [6.07, 6.45) is 0. The average Bonchev–Trinajstić information content (AvgIpc) is 2.42. The van der Waals surface area contributed by atoms with Crippen molar-refractivity contribution in [3.8, 4) is 0 Å². The molecule has 20 heavy (non-hydrogen) atoms. The maximum absolute atomic E-state index is 4.60. The largest absolute Gasteiger partial charge is 0.341 e. The Labute approximate surface area is 120 Å². The molecule has 4 nitrogen and oxygen atoms in total. The van der Waals surface area contributed by atoms with Gasteiger partial charge < -0.3 is 10.2 Å². The highest BCUT2D eigenvalue weighted by Crippen LogP contribution is 2.18. The van der Waals surface area contributed by atoms with E-state index in [1.54, 1.807) is 0 Å². The third-order valence-electron chi connectivity index (χ3n) is 3.21. The number of hydrogen-bond donors (Lipinski definition) is 1. The van der Waals surface area contributed by atoms with Gasteiger partial charge in [-0.05, 0) is 39.8 Å². The zero-order valence-electron chi connectivity index (χ0n) is 12.6. The summed E-state index contributed by atoms with van der Waals surface area (Å²) in [5, 5.41) is 3.34. The second kappa shape index (κ2) is 6.37. The first kappa shape index (κ1) is 14.3. The molecule has 0 unspecified atom stereocenters. The first-order valence-electron chi connectivity index (χ1n) is 7.06. The minimum Gasteiger partial charge on any atom is -0.341 e. The van der Waals surface area contributed by atoms with Crippen molar-refractivity contribution in [2.24, 2.45) is 0 Å². The smallest absolute Gasteiger partial charge is 0.227 e. The number of rotatable bonds is 5. The fourth-order valence-electron chi connectivity index (χ4n) is 2.05. The fraction of sp³-hybridized carbons (Fsp3) is 0.375. The zero-order valence-corrected chi connectivity index (χ0v) is 12.6.